The first-order chi connectivity index (χ1) is 6.02. The maximum Gasteiger partial charge on any atom is 0.0889 e. The Labute approximate surface area is 81.9 Å². The van der Waals surface area contributed by atoms with Crippen molar-refractivity contribution >= 4 is 0 Å². The van der Waals surface area contributed by atoms with Gasteiger partial charge in [-0.05, 0) is 20.8 Å². The quantitative estimate of drug-likeness (QED) is 0.614. The Morgan fingerprint density at radius 3 is 1.92 bits per heavy atom. The molecule has 0 saturated carbocycles. The van der Waals surface area contributed by atoms with Gasteiger partial charge in [-0.25, -0.2) is 0 Å². The number of hydrogen-bond donors (Lipinski definition) is 0. The first-order valence-corrected chi connectivity index (χ1v) is 4.73. The molecule has 3 atom stereocenters. The van der Waals surface area contributed by atoms with Gasteiger partial charge in [0.15, 0.2) is 0 Å². The topological polar surface area (TPSA) is 18.5 Å². The molecule has 13 heavy (non-hydrogen) atoms. The second-order valence-corrected chi connectivity index (χ2v) is 3.74. The minimum Gasteiger partial charge on any atom is -0.379 e. The van der Waals surface area contributed by atoms with E-state index in [0.717, 1.165) is 0 Å². The standard InChI is InChI=1S/C11H22O2/c1-8(2)7-9(3)11(13-6)10(4)12-5/h7,9-11H,1-6H3. The Hall–Kier alpha value is -0.340. The predicted molar refractivity (Wildman–Crippen MR) is 55.9 cm³/mol. The van der Waals surface area contributed by atoms with E-state index in [2.05, 4.69) is 26.8 Å². The Kier molecular flexibility index (Phi) is 6.00. The van der Waals surface area contributed by atoms with Crippen LogP contribution in [0.2, 0.25) is 0 Å². The first kappa shape index (κ1) is 12.7. The smallest absolute Gasteiger partial charge is 0.0889 e. The third-order valence-electron chi connectivity index (χ3n) is 2.22. The fourth-order valence-corrected chi connectivity index (χ4v) is 1.59. The van der Waals surface area contributed by atoms with Gasteiger partial charge in [0, 0.05) is 20.1 Å². The number of hydrogen-bond acceptors (Lipinski definition) is 2. The van der Waals surface area contributed by atoms with E-state index in [-0.39, 0.29) is 12.2 Å². The predicted octanol–water partition coefficient (Wildman–Crippen LogP) is 2.64. The van der Waals surface area contributed by atoms with Crippen molar-refractivity contribution in [2.45, 2.75) is 39.9 Å². The van der Waals surface area contributed by atoms with Crippen molar-refractivity contribution in [3.8, 4) is 0 Å². The normalized spacial score (nSPS) is 17.7. The monoisotopic (exact) mass is 186 g/mol. The van der Waals surface area contributed by atoms with Gasteiger partial charge in [-0.15, -0.1) is 0 Å². The zero-order valence-corrected chi connectivity index (χ0v) is 9.63. The van der Waals surface area contributed by atoms with Crippen molar-refractivity contribution in [1.82, 2.24) is 0 Å². The summed E-state index contributed by atoms with van der Waals surface area (Å²) in [5, 5.41) is 0. The number of allylic oxidation sites excluding steroid dienone is 1. The van der Waals surface area contributed by atoms with Crippen LogP contribution in [-0.2, 0) is 9.47 Å². The lowest BCUT2D eigenvalue weighted by atomic mass is 9.98. The SMILES string of the molecule is COC(C)C(OC)C(C)C=C(C)C. The molecular weight excluding hydrogens is 164 g/mol. The molecule has 0 radical (unpaired) electrons. The highest BCUT2D eigenvalue weighted by molar-refractivity contribution is 4.99. The number of ether oxygens (including phenoxy) is 2. The summed E-state index contributed by atoms with van der Waals surface area (Å²) < 4.78 is 10.6. The summed E-state index contributed by atoms with van der Waals surface area (Å²) >= 11 is 0. The Balaban J connectivity index is 4.31. The van der Waals surface area contributed by atoms with E-state index in [1.54, 1.807) is 14.2 Å². The van der Waals surface area contributed by atoms with E-state index in [9.17, 15) is 0 Å². The summed E-state index contributed by atoms with van der Waals surface area (Å²) in [4.78, 5) is 0. The fourth-order valence-electron chi connectivity index (χ4n) is 1.59. The van der Waals surface area contributed by atoms with Gasteiger partial charge >= 0.3 is 0 Å². The van der Waals surface area contributed by atoms with Crippen molar-refractivity contribution in [2.24, 2.45) is 5.92 Å². The molecule has 0 fully saturated rings. The number of rotatable bonds is 5. The highest BCUT2D eigenvalue weighted by Crippen LogP contribution is 2.15. The van der Waals surface area contributed by atoms with Crippen LogP contribution in [0, 0.1) is 5.92 Å². The van der Waals surface area contributed by atoms with Crippen LogP contribution in [0.4, 0.5) is 0 Å². The molecule has 0 aromatic rings. The van der Waals surface area contributed by atoms with E-state index in [0.29, 0.717) is 5.92 Å². The van der Waals surface area contributed by atoms with Crippen molar-refractivity contribution in [2.75, 3.05) is 14.2 Å². The Morgan fingerprint density at radius 1 is 1.08 bits per heavy atom. The summed E-state index contributed by atoms with van der Waals surface area (Å²) in [5.41, 5.74) is 1.32. The minimum absolute atomic E-state index is 0.135. The average Bonchev–Trinajstić information content (AvgIpc) is 2.03. The third kappa shape index (κ3) is 4.44. The average molecular weight is 186 g/mol. The largest absolute Gasteiger partial charge is 0.379 e. The van der Waals surface area contributed by atoms with E-state index >= 15 is 0 Å². The second-order valence-electron chi connectivity index (χ2n) is 3.74. The summed E-state index contributed by atoms with van der Waals surface area (Å²) in [6, 6.07) is 0. The van der Waals surface area contributed by atoms with Crippen molar-refractivity contribution < 1.29 is 9.47 Å². The minimum atomic E-state index is 0.135. The molecule has 0 amide bonds. The molecule has 0 aliphatic heterocycles. The van der Waals surface area contributed by atoms with Crippen molar-refractivity contribution in [3.63, 3.8) is 0 Å². The highest BCUT2D eigenvalue weighted by atomic mass is 16.5. The molecule has 2 heteroatoms. The molecule has 0 aliphatic rings. The van der Waals surface area contributed by atoms with E-state index in [4.69, 9.17) is 9.47 Å². The molecule has 0 aromatic carbocycles. The molecule has 0 heterocycles. The summed E-state index contributed by atoms with van der Waals surface area (Å²) in [5.74, 6) is 0.393. The van der Waals surface area contributed by atoms with Crippen molar-refractivity contribution in [3.05, 3.63) is 11.6 Å². The van der Waals surface area contributed by atoms with Crippen molar-refractivity contribution in [1.29, 1.82) is 0 Å². The molecular formula is C11H22O2. The van der Waals surface area contributed by atoms with Crippen LogP contribution >= 0.6 is 0 Å². The second kappa shape index (κ2) is 6.17. The van der Waals surface area contributed by atoms with Crippen LogP contribution in [0.1, 0.15) is 27.7 Å². The van der Waals surface area contributed by atoms with Crippen LogP contribution in [0.25, 0.3) is 0 Å². The van der Waals surface area contributed by atoms with E-state index in [1.807, 2.05) is 6.92 Å². The molecule has 0 N–H and O–H groups in total. The lowest BCUT2D eigenvalue weighted by Crippen LogP contribution is -2.32. The van der Waals surface area contributed by atoms with Gasteiger partial charge < -0.3 is 9.47 Å². The molecule has 2 nitrogen and oxygen atoms in total. The fraction of sp³-hybridized carbons (Fsp3) is 0.818. The maximum atomic E-state index is 5.40. The van der Waals surface area contributed by atoms with Gasteiger partial charge in [0.25, 0.3) is 0 Å². The van der Waals surface area contributed by atoms with Gasteiger partial charge in [0.05, 0.1) is 12.2 Å². The van der Waals surface area contributed by atoms with Crippen LogP contribution in [-0.4, -0.2) is 26.4 Å². The zero-order valence-electron chi connectivity index (χ0n) is 9.63. The van der Waals surface area contributed by atoms with Gasteiger partial charge in [-0.3, -0.25) is 0 Å². The molecule has 78 valence electrons. The van der Waals surface area contributed by atoms with Crippen LogP contribution < -0.4 is 0 Å². The third-order valence-corrected chi connectivity index (χ3v) is 2.22. The van der Waals surface area contributed by atoms with Gasteiger partial charge in [0.2, 0.25) is 0 Å². The van der Waals surface area contributed by atoms with Gasteiger partial charge in [-0.1, -0.05) is 18.6 Å². The molecule has 0 bridgehead atoms. The Morgan fingerprint density at radius 2 is 1.62 bits per heavy atom. The molecule has 0 aliphatic carbocycles. The van der Waals surface area contributed by atoms with E-state index in [1.165, 1.54) is 5.57 Å². The molecule has 0 spiro atoms. The molecule has 0 aromatic heterocycles. The summed E-state index contributed by atoms with van der Waals surface area (Å²) in [6.45, 7) is 8.38. The maximum absolute atomic E-state index is 5.40. The Bertz CT molecular complexity index is 159. The summed E-state index contributed by atoms with van der Waals surface area (Å²) in [7, 11) is 3.45. The zero-order chi connectivity index (χ0) is 10.4. The van der Waals surface area contributed by atoms with Crippen LogP contribution in [0.15, 0.2) is 11.6 Å². The van der Waals surface area contributed by atoms with Gasteiger partial charge in [-0.2, -0.15) is 0 Å². The van der Waals surface area contributed by atoms with Crippen LogP contribution in [0.5, 0.6) is 0 Å². The molecule has 0 saturated heterocycles. The summed E-state index contributed by atoms with van der Waals surface area (Å²) in [6.07, 6.45) is 2.49. The first-order valence-electron chi connectivity index (χ1n) is 4.73. The molecule has 0 rings (SSSR count). The van der Waals surface area contributed by atoms with E-state index < -0.39 is 0 Å². The van der Waals surface area contributed by atoms with Gasteiger partial charge in [0.1, 0.15) is 0 Å². The highest BCUT2D eigenvalue weighted by Gasteiger charge is 2.21. The lowest BCUT2D eigenvalue weighted by Gasteiger charge is -2.25. The number of methoxy groups -OCH3 is 2. The lowest BCUT2D eigenvalue weighted by molar-refractivity contribution is -0.0433. The van der Waals surface area contributed by atoms with Crippen LogP contribution in [0.3, 0.4) is 0 Å². The molecule has 3 unspecified atom stereocenters.